The molecular formula is C31H42FN5O4Si. The molecule has 2 aliphatic rings. The summed E-state index contributed by atoms with van der Waals surface area (Å²) in [5, 5.41) is 24.9. The summed E-state index contributed by atoms with van der Waals surface area (Å²) in [6.45, 7) is 6.74. The maximum Gasteiger partial charge on any atom is 0.247 e. The number of carbonyl (C=O) groups is 1. The van der Waals surface area contributed by atoms with Crippen LogP contribution in [0.2, 0.25) is 18.6 Å². The second-order valence-electron chi connectivity index (χ2n) is 12.0. The van der Waals surface area contributed by atoms with Crippen LogP contribution in [0.1, 0.15) is 55.0 Å². The van der Waals surface area contributed by atoms with Gasteiger partial charge in [-0.15, -0.1) is 5.10 Å². The summed E-state index contributed by atoms with van der Waals surface area (Å²) in [5.74, 6) is 0.217. The summed E-state index contributed by atoms with van der Waals surface area (Å²) in [5.41, 5.74) is 2.86. The van der Waals surface area contributed by atoms with Crippen molar-refractivity contribution in [1.29, 1.82) is 0 Å². The van der Waals surface area contributed by atoms with E-state index in [4.69, 9.17) is 9.47 Å². The molecule has 1 fully saturated rings. The van der Waals surface area contributed by atoms with Gasteiger partial charge in [0.1, 0.15) is 11.9 Å². The number of aliphatic hydroxyl groups is 1. The lowest BCUT2D eigenvalue weighted by Crippen LogP contribution is -2.46. The first-order valence-corrected chi connectivity index (χ1v) is 17.8. The second-order valence-corrected chi connectivity index (χ2v) is 15.9. The number of aryl methyl sites for hydroxylation is 1. The minimum absolute atomic E-state index is 0.0420. The minimum atomic E-state index is -3.20. The van der Waals surface area contributed by atoms with Gasteiger partial charge in [0.25, 0.3) is 0 Å². The zero-order valence-electron chi connectivity index (χ0n) is 24.8. The van der Waals surface area contributed by atoms with Gasteiger partial charge in [0.2, 0.25) is 14.3 Å². The summed E-state index contributed by atoms with van der Waals surface area (Å²) in [4.78, 5) is 12.7. The van der Waals surface area contributed by atoms with E-state index < -0.39 is 14.5 Å². The van der Waals surface area contributed by atoms with Crippen LogP contribution in [0, 0.1) is 5.92 Å². The van der Waals surface area contributed by atoms with Crippen LogP contribution < -0.4 is 15.4 Å². The lowest BCUT2D eigenvalue weighted by Gasteiger charge is -2.43. The summed E-state index contributed by atoms with van der Waals surface area (Å²) >= 11 is 0. The van der Waals surface area contributed by atoms with Gasteiger partial charge in [-0.05, 0) is 62.7 Å². The number of anilines is 1. The van der Waals surface area contributed by atoms with Gasteiger partial charge in [0.15, 0.2) is 0 Å². The van der Waals surface area contributed by atoms with Crippen LogP contribution in [0.15, 0.2) is 54.7 Å². The Bertz CT molecular complexity index is 1340. The minimum Gasteiger partial charge on any atom is -0.490 e. The number of halogens is 1. The Hall–Kier alpha value is -3.12. The Labute approximate surface area is 248 Å². The van der Waals surface area contributed by atoms with Crippen LogP contribution in [0.4, 0.5) is 9.80 Å². The number of methoxy groups -OCH3 is 1. The maximum absolute atomic E-state index is 16.0. The molecule has 9 nitrogen and oxygen atoms in total. The number of benzene rings is 2. The molecule has 3 N–H and O–H groups in total. The van der Waals surface area contributed by atoms with E-state index in [0.717, 1.165) is 30.5 Å². The van der Waals surface area contributed by atoms with Crippen molar-refractivity contribution in [2.24, 2.45) is 5.92 Å². The fraction of sp³-hybridized carbons (Fsp3) is 0.516. The number of nitrogens with zero attached hydrogens (tertiary/aromatic N) is 3. The van der Waals surface area contributed by atoms with Gasteiger partial charge in [-0.1, -0.05) is 42.5 Å². The molecule has 42 heavy (non-hydrogen) atoms. The largest absolute Gasteiger partial charge is 0.490 e. The Morgan fingerprint density at radius 2 is 2.07 bits per heavy atom. The van der Waals surface area contributed by atoms with Crippen molar-refractivity contribution in [2.75, 3.05) is 25.6 Å². The van der Waals surface area contributed by atoms with Crippen LogP contribution >= 0.6 is 0 Å². The summed E-state index contributed by atoms with van der Waals surface area (Å²) in [7, 11) is -1.54. The summed E-state index contributed by atoms with van der Waals surface area (Å²) in [6, 6.07) is 15.1. The van der Waals surface area contributed by atoms with Crippen molar-refractivity contribution in [3.05, 3.63) is 71.5 Å². The molecule has 1 amide bonds. The lowest BCUT2D eigenvalue weighted by molar-refractivity contribution is -0.117. The number of hydrogen-bond donors (Lipinski definition) is 3. The standard InChI is InChI=1S/C31H42FN5O4Si/c1-20-29(40-2)23-17-22(34-31(39)25-11-8-15-33-25)12-13-27(23)41-30(20)28(42(3,4)32)14-16-37-18-26(35-36-37)24(19-38)21-9-6-5-7-10-21/h5-7,9-10,12-13,17-18,20,24-25,28-30,33,38H,8,11,14-16,19H2,1-4H3,(H,34,39)/t20-,24?,25-,28?,29-,30-/m1/s1. The summed E-state index contributed by atoms with van der Waals surface area (Å²) in [6.07, 6.45) is 3.48. The molecule has 0 bridgehead atoms. The molecule has 3 heterocycles. The fourth-order valence-electron chi connectivity index (χ4n) is 6.40. The molecule has 2 aliphatic heterocycles. The number of nitrogens with one attached hydrogen (secondary N) is 2. The number of aromatic nitrogens is 3. The maximum atomic E-state index is 16.0. The van der Waals surface area contributed by atoms with E-state index in [9.17, 15) is 9.90 Å². The van der Waals surface area contributed by atoms with E-state index in [1.54, 1.807) is 24.9 Å². The SMILES string of the molecule is CO[C@H]1c2cc(NC(=O)[C@H]3CCCN3)ccc2O[C@@H](C(CCn2cc(C(CO)c3ccccc3)nn2)[Si](C)(C)F)[C@@H]1C. The molecule has 1 saturated heterocycles. The van der Waals surface area contributed by atoms with Crippen molar-refractivity contribution in [2.45, 2.75) is 75.5 Å². The fourth-order valence-corrected chi connectivity index (χ4v) is 8.37. The third kappa shape index (κ3) is 6.59. The highest BCUT2D eigenvalue weighted by Gasteiger charge is 2.47. The van der Waals surface area contributed by atoms with Gasteiger partial charge in [-0.2, -0.15) is 0 Å². The number of carbonyl (C=O) groups excluding carboxylic acids is 1. The molecule has 3 aromatic rings. The van der Waals surface area contributed by atoms with E-state index in [1.165, 1.54) is 0 Å². The highest BCUT2D eigenvalue weighted by atomic mass is 28.4. The molecule has 0 saturated carbocycles. The van der Waals surface area contributed by atoms with Crippen molar-refractivity contribution >= 4 is 20.0 Å². The molecule has 1 aromatic heterocycles. The van der Waals surface area contributed by atoms with Crippen molar-refractivity contribution in [3.8, 4) is 5.75 Å². The highest BCUT2D eigenvalue weighted by Crippen LogP contribution is 2.48. The van der Waals surface area contributed by atoms with Gasteiger partial charge in [0.05, 0.1) is 30.4 Å². The zero-order valence-corrected chi connectivity index (χ0v) is 25.8. The molecule has 2 unspecified atom stereocenters. The summed E-state index contributed by atoms with van der Waals surface area (Å²) < 4.78 is 30.2. The third-order valence-electron chi connectivity index (χ3n) is 8.72. The quantitative estimate of drug-likeness (QED) is 0.216. The molecule has 6 atom stereocenters. The van der Waals surface area contributed by atoms with Gasteiger partial charge in [-0.25, -0.2) is 0 Å². The van der Waals surface area contributed by atoms with Gasteiger partial charge < -0.3 is 29.3 Å². The number of hydrogen-bond acceptors (Lipinski definition) is 7. The van der Waals surface area contributed by atoms with Gasteiger partial charge in [-0.3, -0.25) is 9.48 Å². The Morgan fingerprint density at radius 3 is 2.74 bits per heavy atom. The van der Waals surface area contributed by atoms with Gasteiger partial charge in [0, 0.05) is 42.6 Å². The molecule has 226 valence electrons. The van der Waals surface area contributed by atoms with E-state index in [0.29, 0.717) is 30.1 Å². The predicted molar refractivity (Wildman–Crippen MR) is 162 cm³/mol. The smallest absolute Gasteiger partial charge is 0.247 e. The van der Waals surface area contributed by atoms with Crippen molar-refractivity contribution in [3.63, 3.8) is 0 Å². The average Bonchev–Trinajstić information content (AvgIpc) is 3.67. The second kappa shape index (κ2) is 13.0. The normalized spacial score (nSPS) is 23.6. The van der Waals surface area contributed by atoms with Crippen molar-refractivity contribution in [1.82, 2.24) is 20.3 Å². The number of aliphatic hydroxyl groups excluding tert-OH is 1. The Balaban J connectivity index is 1.32. The molecule has 0 aliphatic carbocycles. The molecular weight excluding hydrogens is 553 g/mol. The first kappa shape index (κ1) is 30.3. The molecule has 2 aromatic carbocycles. The zero-order chi connectivity index (χ0) is 29.9. The van der Waals surface area contributed by atoms with Crippen LogP contribution in [-0.2, 0) is 16.1 Å². The number of rotatable bonds is 11. The molecule has 0 spiro atoms. The molecule has 0 radical (unpaired) electrons. The Kier molecular flexibility index (Phi) is 9.41. The topological polar surface area (TPSA) is 111 Å². The average molecular weight is 596 g/mol. The van der Waals surface area contributed by atoms with E-state index in [-0.39, 0.29) is 42.0 Å². The number of amides is 1. The first-order valence-electron chi connectivity index (χ1n) is 14.8. The van der Waals surface area contributed by atoms with Gasteiger partial charge >= 0.3 is 0 Å². The predicted octanol–water partition coefficient (Wildman–Crippen LogP) is 4.81. The van der Waals surface area contributed by atoms with E-state index in [2.05, 4.69) is 20.9 Å². The van der Waals surface area contributed by atoms with E-state index >= 15 is 4.11 Å². The van der Waals surface area contributed by atoms with Crippen LogP contribution in [-0.4, -0.2) is 66.8 Å². The molecule has 5 rings (SSSR count). The van der Waals surface area contributed by atoms with Crippen LogP contribution in [0.5, 0.6) is 5.75 Å². The van der Waals surface area contributed by atoms with Crippen LogP contribution in [0.25, 0.3) is 0 Å². The number of fused-ring (bicyclic) bond motifs is 1. The van der Waals surface area contributed by atoms with Crippen molar-refractivity contribution < 1.29 is 23.5 Å². The van der Waals surface area contributed by atoms with E-state index in [1.807, 2.05) is 61.7 Å². The monoisotopic (exact) mass is 595 g/mol. The number of ether oxygens (including phenoxy) is 2. The highest BCUT2D eigenvalue weighted by molar-refractivity contribution is 6.72. The molecule has 11 heteroatoms. The van der Waals surface area contributed by atoms with Crippen LogP contribution in [0.3, 0.4) is 0 Å². The third-order valence-corrected chi connectivity index (χ3v) is 11.1. The first-order chi connectivity index (χ1) is 20.2. The Morgan fingerprint density at radius 1 is 1.29 bits per heavy atom. The lowest BCUT2D eigenvalue weighted by atomic mass is 9.86.